The zero-order valence-electron chi connectivity index (χ0n) is 8.31. The van der Waals surface area contributed by atoms with Crippen molar-refractivity contribution in [2.75, 3.05) is 20.3 Å². The Morgan fingerprint density at radius 3 is 1.76 bits per heavy atom. The molecular formula is C7H7F6O4-. The summed E-state index contributed by atoms with van der Waals surface area (Å²) in [5.74, 6) is -2.95. The Morgan fingerprint density at radius 2 is 1.47 bits per heavy atom. The Bertz CT molecular complexity index is 257. The summed E-state index contributed by atoms with van der Waals surface area (Å²) in [5.41, 5.74) is -5.78. The summed E-state index contributed by atoms with van der Waals surface area (Å²) in [6.45, 7) is -1.32. The number of hydrogen-bond donors (Lipinski definition) is 0. The number of halogens is 6. The summed E-state index contributed by atoms with van der Waals surface area (Å²) in [6.07, 6.45) is -12.7. The first-order chi connectivity index (χ1) is 7.48. The van der Waals surface area contributed by atoms with Crippen molar-refractivity contribution in [1.29, 1.82) is 0 Å². The van der Waals surface area contributed by atoms with Crippen LogP contribution in [0.15, 0.2) is 0 Å². The van der Waals surface area contributed by atoms with Gasteiger partial charge in [-0.3, -0.25) is 4.79 Å². The fourth-order valence-corrected chi connectivity index (χ4v) is 0.711. The van der Waals surface area contributed by atoms with Crippen molar-refractivity contribution in [3.8, 4) is 0 Å². The van der Waals surface area contributed by atoms with Crippen molar-refractivity contribution in [3.05, 3.63) is 0 Å². The van der Waals surface area contributed by atoms with Gasteiger partial charge in [-0.2, -0.15) is 26.3 Å². The highest BCUT2D eigenvalue weighted by atomic mass is 19.4. The van der Waals surface area contributed by atoms with Crippen LogP contribution in [0.25, 0.3) is 0 Å². The molecule has 10 heteroatoms. The minimum atomic E-state index is -6.34. The van der Waals surface area contributed by atoms with E-state index in [9.17, 15) is 36.2 Å². The van der Waals surface area contributed by atoms with Gasteiger partial charge in [0.05, 0.1) is 6.61 Å². The van der Waals surface area contributed by atoms with Crippen LogP contribution in [0.5, 0.6) is 0 Å². The topological polar surface area (TPSA) is 58.6 Å². The highest BCUT2D eigenvalue weighted by Crippen LogP contribution is 2.41. The third-order valence-electron chi connectivity index (χ3n) is 1.61. The summed E-state index contributed by atoms with van der Waals surface area (Å²) in [7, 11) is 1.08. The number of carbonyl (C=O) groups is 1. The molecular weight excluding hydrogens is 262 g/mol. The molecule has 0 heterocycles. The summed E-state index contributed by atoms with van der Waals surface area (Å²) in [4.78, 5) is 10.6. The average molecular weight is 269 g/mol. The molecule has 0 radical (unpaired) electrons. The molecule has 0 spiro atoms. The van der Waals surface area contributed by atoms with E-state index in [-0.39, 0.29) is 0 Å². The van der Waals surface area contributed by atoms with E-state index in [1.807, 2.05) is 0 Å². The van der Waals surface area contributed by atoms with Gasteiger partial charge in [-0.15, -0.1) is 0 Å². The summed E-state index contributed by atoms with van der Waals surface area (Å²) in [5, 5.41) is 10.7. The number of esters is 1. The Balaban J connectivity index is 5.03. The molecule has 0 unspecified atom stereocenters. The first-order valence-electron chi connectivity index (χ1n) is 3.98. The van der Waals surface area contributed by atoms with E-state index in [4.69, 9.17) is 0 Å². The first kappa shape index (κ1) is 16.0. The smallest absolute Gasteiger partial charge is 0.399 e. The van der Waals surface area contributed by atoms with Crippen LogP contribution >= 0.6 is 0 Å². The second kappa shape index (κ2) is 5.08. The maximum absolute atomic E-state index is 12.0. The summed E-state index contributed by atoms with van der Waals surface area (Å²) < 4.78 is 79.8. The van der Waals surface area contributed by atoms with E-state index in [0.717, 1.165) is 7.11 Å². The molecule has 0 N–H and O–H groups in total. The van der Waals surface area contributed by atoms with Crippen LogP contribution in [0.3, 0.4) is 0 Å². The molecule has 0 saturated heterocycles. The standard InChI is InChI=1S/C7H7F6O4/c1-16-2-3-17-4(14)5(15,6(8,9)10)7(11,12)13/h2-3H2,1H3/q-1. The molecule has 0 fully saturated rings. The second-order valence-corrected chi connectivity index (χ2v) is 2.81. The quantitative estimate of drug-likeness (QED) is 0.421. The molecule has 102 valence electrons. The van der Waals surface area contributed by atoms with Crippen LogP contribution in [-0.4, -0.2) is 44.2 Å². The molecule has 0 bridgehead atoms. The minimum absolute atomic E-state index is 0.433. The maximum Gasteiger partial charge on any atom is 0.399 e. The van der Waals surface area contributed by atoms with E-state index in [1.165, 1.54) is 0 Å². The van der Waals surface area contributed by atoms with Gasteiger partial charge in [0.1, 0.15) is 6.61 Å². The summed E-state index contributed by atoms with van der Waals surface area (Å²) >= 11 is 0. The third kappa shape index (κ3) is 3.22. The van der Waals surface area contributed by atoms with E-state index in [1.54, 1.807) is 0 Å². The lowest BCUT2D eigenvalue weighted by atomic mass is 10.0. The molecule has 17 heavy (non-hydrogen) atoms. The SMILES string of the molecule is COCCOC(=O)C([O-])(C(F)(F)F)C(F)(F)F. The van der Waals surface area contributed by atoms with Gasteiger partial charge in [-0.25, -0.2) is 0 Å². The maximum atomic E-state index is 12.0. The number of carbonyl (C=O) groups excluding carboxylic acids is 1. The molecule has 4 nitrogen and oxygen atoms in total. The van der Waals surface area contributed by atoms with Gasteiger partial charge >= 0.3 is 18.3 Å². The normalized spacial score (nSPS) is 13.6. The Morgan fingerprint density at radius 1 is 1.06 bits per heavy atom. The van der Waals surface area contributed by atoms with Gasteiger partial charge in [0.15, 0.2) is 5.60 Å². The van der Waals surface area contributed by atoms with Crippen molar-refractivity contribution >= 4 is 5.97 Å². The van der Waals surface area contributed by atoms with Crippen molar-refractivity contribution in [1.82, 2.24) is 0 Å². The van der Waals surface area contributed by atoms with E-state index in [2.05, 4.69) is 9.47 Å². The van der Waals surface area contributed by atoms with Gasteiger partial charge in [0, 0.05) is 7.11 Å². The highest BCUT2D eigenvalue weighted by Gasteiger charge is 2.68. The molecule has 0 aromatic carbocycles. The number of hydrogen-bond acceptors (Lipinski definition) is 4. The molecule has 0 aromatic rings. The Labute approximate surface area is 91.1 Å². The zero-order chi connectivity index (χ0) is 13.9. The van der Waals surface area contributed by atoms with Gasteiger partial charge < -0.3 is 14.6 Å². The first-order valence-corrected chi connectivity index (χ1v) is 3.98. The fraction of sp³-hybridized carbons (Fsp3) is 0.857. The monoisotopic (exact) mass is 269 g/mol. The van der Waals surface area contributed by atoms with Crippen LogP contribution in [0.2, 0.25) is 0 Å². The third-order valence-corrected chi connectivity index (χ3v) is 1.61. The van der Waals surface area contributed by atoms with Crippen LogP contribution in [-0.2, 0) is 14.3 Å². The predicted molar refractivity (Wildman–Crippen MR) is 37.7 cm³/mol. The van der Waals surface area contributed by atoms with Gasteiger partial charge in [0.25, 0.3) is 0 Å². The number of methoxy groups -OCH3 is 1. The van der Waals surface area contributed by atoms with Gasteiger partial charge in [-0.1, -0.05) is 0 Å². The molecule has 0 atom stereocenters. The fourth-order valence-electron chi connectivity index (χ4n) is 0.711. The van der Waals surface area contributed by atoms with E-state index >= 15 is 0 Å². The van der Waals surface area contributed by atoms with E-state index in [0.29, 0.717) is 0 Å². The molecule has 0 aliphatic carbocycles. The van der Waals surface area contributed by atoms with Crippen molar-refractivity contribution in [2.24, 2.45) is 0 Å². The van der Waals surface area contributed by atoms with Gasteiger partial charge in [-0.05, 0) is 0 Å². The van der Waals surface area contributed by atoms with Crippen molar-refractivity contribution < 1.29 is 45.7 Å². The molecule has 0 aliphatic heterocycles. The molecule has 0 aromatic heterocycles. The van der Waals surface area contributed by atoms with Crippen LogP contribution in [0.1, 0.15) is 0 Å². The van der Waals surface area contributed by atoms with Crippen LogP contribution in [0.4, 0.5) is 26.3 Å². The Kier molecular flexibility index (Phi) is 4.78. The van der Waals surface area contributed by atoms with Gasteiger partial charge in [0.2, 0.25) is 0 Å². The predicted octanol–water partition coefficient (Wildman–Crippen LogP) is 0.400. The number of ether oxygens (including phenoxy) is 2. The van der Waals surface area contributed by atoms with Crippen LogP contribution < -0.4 is 5.11 Å². The van der Waals surface area contributed by atoms with E-state index < -0.39 is 37.1 Å². The lowest BCUT2D eigenvalue weighted by molar-refractivity contribution is -0.574. The average Bonchev–Trinajstić information content (AvgIpc) is 2.13. The van der Waals surface area contributed by atoms with Crippen LogP contribution in [0, 0.1) is 0 Å². The number of alkyl halides is 6. The van der Waals surface area contributed by atoms with Crippen molar-refractivity contribution in [2.45, 2.75) is 18.0 Å². The summed E-state index contributed by atoms with van der Waals surface area (Å²) in [6, 6.07) is 0. The number of rotatable bonds is 4. The second-order valence-electron chi connectivity index (χ2n) is 2.81. The molecule has 0 aliphatic rings. The molecule has 0 amide bonds. The largest absolute Gasteiger partial charge is 0.828 e. The molecule has 0 rings (SSSR count). The van der Waals surface area contributed by atoms with Crippen molar-refractivity contribution in [3.63, 3.8) is 0 Å². The Hall–Kier alpha value is -1.03. The molecule has 0 saturated carbocycles. The lowest BCUT2D eigenvalue weighted by Gasteiger charge is -2.40. The highest BCUT2D eigenvalue weighted by molar-refractivity contribution is 5.81. The minimum Gasteiger partial charge on any atom is -0.828 e. The zero-order valence-corrected chi connectivity index (χ0v) is 8.31. The lowest BCUT2D eigenvalue weighted by Crippen LogP contribution is -2.71.